The first-order chi connectivity index (χ1) is 8.15. The number of rotatable bonds is 4. The second-order valence-corrected chi connectivity index (χ2v) is 3.97. The van der Waals surface area contributed by atoms with Gasteiger partial charge in [-0.2, -0.15) is 5.10 Å². The van der Waals surface area contributed by atoms with Crippen molar-refractivity contribution < 1.29 is 0 Å². The summed E-state index contributed by atoms with van der Waals surface area (Å²) < 4.78 is 1.72. The summed E-state index contributed by atoms with van der Waals surface area (Å²) in [5, 5.41) is 4.98. The topological polar surface area (TPSA) is 84.9 Å². The maximum Gasteiger partial charge on any atom is 0.163 e. The van der Waals surface area contributed by atoms with Crippen LogP contribution in [0.1, 0.15) is 12.7 Å². The fourth-order valence-corrected chi connectivity index (χ4v) is 1.60. The fourth-order valence-electron chi connectivity index (χ4n) is 1.60. The Bertz CT molecular complexity index is 519. The van der Waals surface area contributed by atoms with Crippen LogP contribution < -0.4 is 11.3 Å². The number of fused-ring (bicyclic) bond motifs is 1. The van der Waals surface area contributed by atoms with Crippen LogP contribution in [0.25, 0.3) is 11.0 Å². The standard InChI is InChI=1S/C10H17N7/c1-4-16(2)6-8-13-9(15-11)7-5-12-17(3)10(7)14-8/h5H,4,6,11H2,1-3H3,(H,13,14,15). The molecule has 0 aromatic carbocycles. The Hall–Kier alpha value is -1.73. The van der Waals surface area contributed by atoms with Crippen LogP contribution in [0.2, 0.25) is 0 Å². The van der Waals surface area contributed by atoms with Crippen molar-refractivity contribution in [3.63, 3.8) is 0 Å². The van der Waals surface area contributed by atoms with Crippen molar-refractivity contribution in [1.29, 1.82) is 0 Å². The molecule has 0 unspecified atom stereocenters. The summed E-state index contributed by atoms with van der Waals surface area (Å²) in [6, 6.07) is 0. The van der Waals surface area contributed by atoms with Crippen molar-refractivity contribution in [3.05, 3.63) is 12.0 Å². The average molecular weight is 235 g/mol. The van der Waals surface area contributed by atoms with E-state index in [1.54, 1.807) is 10.9 Å². The highest BCUT2D eigenvalue weighted by Gasteiger charge is 2.11. The Kier molecular flexibility index (Phi) is 3.21. The van der Waals surface area contributed by atoms with Crippen molar-refractivity contribution in [1.82, 2.24) is 24.6 Å². The van der Waals surface area contributed by atoms with Crippen molar-refractivity contribution in [2.24, 2.45) is 12.9 Å². The van der Waals surface area contributed by atoms with E-state index >= 15 is 0 Å². The van der Waals surface area contributed by atoms with Crippen LogP contribution in [0.5, 0.6) is 0 Å². The number of anilines is 1. The van der Waals surface area contributed by atoms with Crippen LogP contribution in [0, 0.1) is 0 Å². The fraction of sp³-hybridized carbons (Fsp3) is 0.500. The Balaban J connectivity index is 2.47. The molecule has 7 heteroatoms. The first-order valence-corrected chi connectivity index (χ1v) is 5.49. The quantitative estimate of drug-likeness (QED) is 0.577. The van der Waals surface area contributed by atoms with Gasteiger partial charge in [-0.05, 0) is 13.6 Å². The highest BCUT2D eigenvalue weighted by Crippen LogP contribution is 2.18. The predicted octanol–water partition coefficient (Wildman–Crippen LogP) is 0.101. The number of aryl methyl sites for hydroxylation is 1. The minimum absolute atomic E-state index is 0.614. The van der Waals surface area contributed by atoms with E-state index < -0.39 is 0 Å². The Labute approximate surface area is 99.6 Å². The van der Waals surface area contributed by atoms with E-state index in [4.69, 9.17) is 5.84 Å². The summed E-state index contributed by atoms with van der Waals surface area (Å²) in [5.74, 6) is 6.81. The molecule has 17 heavy (non-hydrogen) atoms. The molecule has 2 aromatic heterocycles. The van der Waals surface area contributed by atoms with Crippen LogP contribution in [-0.4, -0.2) is 38.2 Å². The van der Waals surface area contributed by atoms with Crippen LogP contribution in [0.4, 0.5) is 5.82 Å². The van der Waals surface area contributed by atoms with Crippen LogP contribution in [-0.2, 0) is 13.6 Å². The molecule has 0 aliphatic heterocycles. The number of hydrogen-bond acceptors (Lipinski definition) is 6. The Morgan fingerprint density at radius 1 is 1.47 bits per heavy atom. The lowest BCUT2D eigenvalue weighted by molar-refractivity contribution is 0.337. The van der Waals surface area contributed by atoms with Gasteiger partial charge in [-0.1, -0.05) is 6.92 Å². The van der Waals surface area contributed by atoms with Crippen molar-refractivity contribution >= 4 is 16.9 Å². The molecule has 0 aliphatic carbocycles. The molecule has 3 N–H and O–H groups in total. The zero-order chi connectivity index (χ0) is 12.4. The molecule has 2 aromatic rings. The van der Waals surface area contributed by atoms with Crippen LogP contribution in [0.15, 0.2) is 6.20 Å². The maximum absolute atomic E-state index is 5.47. The number of hydrogen-bond donors (Lipinski definition) is 2. The van der Waals surface area contributed by atoms with E-state index in [0.717, 1.165) is 23.4 Å². The normalized spacial score (nSPS) is 11.4. The third-order valence-corrected chi connectivity index (χ3v) is 2.73. The van der Waals surface area contributed by atoms with Gasteiger partial charge in [0.2, 0.25) is 0 Å². The van der Waals surface area contributed by atoms with Gasteiger partial charge in [0.25, 0.3) is 0 Å². The zero-order valence-electron chi connectivity index (χ0n) is 10.3. The number of nitrogens with zero attached hydrogens (tertiary/aromatic N) is 5. The van der Waals surface area contributed by atoms with Gasteiger partial charge in [-0.3, -0.25) is 9.58 Å². The van der Waals surface area contributed by atoms with E-state index in [9.17, 15) is 0 Å². The molecule has 0 saturated heterocycles. The molecule has 0 aliphatic rings. The van der Waals surface area contributed by atoms with Crippen LogP contribution >= 0.6 is 0 Å². The second kappa shape index (κ2) is 4.64. The first kappa shape index (κ1) is 11.7. The molecule has 2 rings (SSSR count). The lowest BCUT2D eigenvalue weighted by Crippen LogP contribution is -2.20. The van der Waals surface area contributed by atoms with E-state index in [-0.39, 0.29) is 0 Å². The van der Waals surface area contributed by atoms with E-state index in [1.807, 2.05) is 14.1 Å². The van der Waals surface area contributed by atoms with Crippen LogP contribution in [0.3, 0.4) is 0 Å². The van der Waals surface area contributed by atoms with E-state index in [2.05, 4.69) is 32.3 Å². The monoisotopic (exact) mass is 235 g/mol. The molecule has 7 nitrogen and oxygen atoms in total. The summed E-state index contributed by atoms with van der Waals surface area (Å²) in [6.45, 7) is 3.72. The minimum Gasteiger partial charge on any atom is -0.308 e. The van der Waals surface area contributed by atoms with Gasteiger partial charge in [0.15, 0.2) is 11.5 Å². The Morgan fingerprint density at radius 3 is 2.88 bits per heavy atom. The largest absolute Gasteiger partial charge is 0.308 e. The van der Waals surface area contributed by atoms with Crippen molar-refractivity contribution in [2.75, 3.05) is 19.0 Å². The maximum atomic E-state index is 5.47. The van der Waals surface area contributed by atoms with Crippen molar-refractivity contribution in [2.45, 2.75) is 13.5 Å². The minimum atomic E-state index is 0.614. The molecule has 0 bridgehead atoms. The molecule has 0 radical (unpaired) electrons. The highest BCUT2D eigenvalue weighted by molar-refractivity contribution is 5.86. The van der Waals surface area contributed by atoms with Gasteiger partial charge >= 0.3 is 0 Å². The number of nitrogen functional groups attached to an aromatic ring is 1. The molecule has 0 atom stereocenters. The second-order valence-electron chi connectivity index (χ2n) is 3.97. The molecular weight excluding hydrogens is 218 g/mol. The molecular formula is C10H17N7. The molecule has 0 spiro atoms. The lowest BCUT2D eigenvalue weighted by atomic mass is 10.4. The molecule has 2 heterocycles. The summed E-state index contributed by atoms with van der Waals surface area (Å²) in [5.41, 5.74) is 3.38. The summed E-state index contributed by atoms with van der Waals surface area (Å²) in [4.78, 5) is 11.0. The number of nitrogens with one attached hydrogen (secondary N) is 1. The summed E-state index contributed by atoms with van der Waals surface area (Å²) >= 11 is 0. The third-order valence-electron chi connectivity index (χ3n) is 2.73. The SMILES string of the molecule is CCN(C)Cc1nc(NN)c2cnn(C)c2n1. The number of hydrazine groups is 1. The van der Waals surface area contributed by atoms with E-state index in [1.165, 1.54) is 0 Å². The number of nitrogens with two attached hydrogens (primary N) is 1. The molecule has 0 fully saturated rings. The first-order valence-electron chi connectivity index (χ1n) is 5.49. The van der Waals surface area contributed by atoms with Gasteiger partial charge in [0.1, 0.15) is 5.82 Å². The third kappa shape index (κ3) is 2.20. The Morgan fingerprint density at radius 2 is 2.24 bits per heavy atom. The molecule has 92 valence electrons. The summed E-state index contributed by atoms with van der Waals surface area (Å²) in [7, 11) is 3.87. The smallest absolute Gasteiger partial charge is 0.163 e. The zero-order valence-corrected chi connectivity index (χ0v) is 10.3. The predicted molar refractivity (Wildman–Crippen MR) is 66.1 cm³/mol. The van der Waals surface area contributed by atoms with Gasteiger partial charge in [-0.15, -0.1) is 0 Å². The summed E-state index contributed by atoms with van der Waals surface area (Å²) in [6.07, 6.45) is 1.71. The average Bonchev–Trinajstić information content (AvgIpc) is 2.70. The lowest BCUT2D eigenvalue weighted by Gasteiger charge is -2.13. The van der Waals surface area contributed by atoms with E-state index in [0.29, 0.717) is 12.4 Å². The van der Waals surface area contributed by atoms with Gasteiger partial charge < -0.3 is 5.43 Å². The number of aromatic nitrogens is 4. The molecule has 0 saturated carbocycles. The van der Waals surface area contributed by atoms with Gasteiger partial charge in [0.05, 0.1) is 18.1 Å². The molecule has 0 amide bonds. The van der Waals surface area contributed by atoms with Gasteiger partial charge in [-0.25, -0.2) is 15.8 Å². The van der Waals surface area contributed by atoms with Gasteiger partial charge in [0, 0.05) is 7.05 Å². The highest BCUT2D eigenvalue weighted by atomic mass is 15.3. The van der Waals surface area contributed by atoms with Crippen molar-refractivity contribution in [3.8, 4) is 0 Å².